The molecule has 0 unspecified atom stereocenters. The first-order valence-electron chi connectivity index (χ1n) is 6.55. The Morgan fingerprint density at radius 1 is 1.26 bits per heavy atom. The molecule has 0 heterocycles. The van der Waals surface area contributed by atoms with Gasteiger partial charge in [0.2, 0.25) is 5.91 Å². The predicted molar refractivity (Wildman–Crippen MR) is 82.2 cm³/mol. The van der Waals surface area contributed by atoms with Gasteiger partial charge in [-0.1, -0.05) is 18.9 Å². The molecule has 1 amide bonds. The monoisotopic (exact) mass is 277 g/mol. The summed E-state index contributed by atoms with van der Waals surface area (Å²) in [5.74, 6) is 0.277. The lowest BCUT2D eigenvalue weighted by Crippen LogP contribution is -2.22. The minimum absolute atomic E-state index is 0.119. The molecule has 2 rings (SSSR count). The summed E-state index contributed by atoms with van der Waals surface area (Å²) in [6.45, 7) is 1.94. The molecule has 0 saturated heterocycles. The van der Waals surface area contributed by atoms with E-state index in [4.69, 9.17) is 18.0 Å². The molecule has 0 spiro atoms. The second-order valence-electron chi connectivity index (χ2n) is 4.94. The SMILES string of the molecule is Cc1c(NC(=O)C2CCCC2)cccc1NC(N)=S. The van der Waals surface area contributed by atoms with Gasteiger partial charge in [-0.25, -0.2) is 0 Å². The summed E-state index contributed by atoms with van der Waals surface area (Å²) in [6, 6.07) is 5.66. The molecule has 0 bridgehead atoms. The number of hydrogen-bond donors (Lipinski definition) is 3. The van der Waals surface area contributed by atoms with Crippen LogP contribution < -0.4 is 16.4 Å². The Hall–Kier alpha value is -1.62. The molecular formula is C14H19N3OS. The van der Waals surface area contributed by atoms with Gasteiger partial charge in [0.1, 0.15) is 0 Å². The zero-order valence-corrected chi connectivity index (χ0v) is 11.8. The smallest absolute Gasteiger partial charge is 0.227 e. The van der Waals surface area contributed by atoms with Gasteiger partial charge in [-0.05, 0) is 49.7 Å². The van der Waals surface area contributed by atoms with Crippen molar-refractivity contribution < 1.29 is 4.79 Å². The van der Waals surface area contributed by atoms with Crippen LogP contribution in [0.25, 0.3) is 0 Å². The van der Waals surface area contributed by atoms with Gasteiger partial charge < -0.3 is 16.4 Å². The van der Waals surface area contributed by atoms with E-state index in [0.717, 1.165) is 42.6 Å². The Bertz CT molecular complexity index is 495. The summed E-state index contributed by atoms with van der Waals surface area (Å²) in [5.41, 5.74) is 8.07. The normalized spacial score (nSPS) is 15.2. The number of amides is 1. The van der Waals surface area contributed by atoms with Crippen molar-refractivity contribution in [3.8, 4) is 0 Å². The molecule has 19 heavy (non-hydrogen) atoms. The summed E-state index contributed by atoms with van der Waals surface area (Å²) >= 11 is 4.83. The van der Waals surface area contributed by atoms with E-state index in [1.807, 2.05) is 25.1 Å². The van der Waals surface area contributed by atoms with Crippen LogP contribution in [0.3, 0.4) is 0 Å². The molecule has 0 radical (unpaired) electrons. The third-order valence-electron chi connectivity index (χ3n) is 3.58. The van der Waals surface area contributed by atoms with Crippen LogP contribution in [0.15, 0.2) is 18.2 Å². The average Bonchev–Trinajstić information content (AvgIpc) is 2.87. The molecule has 1 fully saturated rings. The second kappa shape index (κ2) is 6.02. The van der Waals surface area contributed by atoms with Crippen molar-refractivity contribution in [3.63, 3.8) is 0 Å². The first kappa shape index (κ1) is 13.8. The van der Waals surface area contributed by atoms with Gasteiger partial charge >= 0.3 is 0 Å². The quantitative estimate of drug-likeness (QED) is 0.743. The van der Waals surface area contributed by atoms with Crippen LogP contribution >= 0.6 is 12.2 Å². The van der Waals surface area contributed by atoms with Gasteiger partial charge in [0, 0.05) is 17.3 Å². The van der Waals surface area contributed by atoms with E-state index in [9.17, 15) is 4.79 Å². The van der Waals surface area contributed by atoms with Crippen LogP contribution in [0, 0.1) is 12.8 Å². The van der Waals surface area contributed by atoms with Gasteiger partial charge in [-0.15, -0.1) is 0 Å². The number of benzene rings is 1. The Kier molecular flexibility index (Phi) is 4.37. The van der Waals surface area contributed by atoms with Crippen LogP contribution in [0.1, 0.15) is 31.2 Å². The predicted octanol–water partition coefficient (Wildman–Crippen LogP) is 2.78. The molecule has 1 aromatic rings. The van der Waals surface area contributed by atoms with E-state index in [0.29, 0.717) is 0 Å². The highest BCUT2D eigenvalue weighted by atomic mass is 32.1. The highest BCUT2D eigenvalue weighted by Gasteiger charge is 2.23. The van der Waals surface area contributed by atoms with E-state index >= 15 is 0 Å². The van der Waals surface area contributed by atoms with E-state index in [2.05, 4.69) is 10.6 Å². The van der Waals surface area contributed by atoms with Crippen LogP contribution in [0.5, 0.6) is 0 Å². The van der Waals surface area contributed by atoms with E-state index < -0.39 is 0 Å². The largest absolute Gasteiger partial charge is 0.376 e. The number of hydrogen-bond acceptors (Lipinski definition) is 2. The average molecular weight is 277 g/mol. The summed E-state index contributed by atoms with van der Waals surface area (Å²) in [4.78, 5) is 12.1. The maximum atomic E-state index is 12.1. The molecule has 0 atom stereocenters. The van der Waals surface area contributed by atoms with Crippen molar-refractivity contribution in [2.45, 2.75) is 32.6 Å². The number of nitrogens with one attached hydrogen (secondary N) is 2. The zero-order chi connectivity index (χ0) is 13.8. The topological polar surface area (TPSA) is 67.2 Å². The maximum absolute atomic E-state index is 12.1. The number of anilines is 2. The molecule has 1 saturated carbocycles. The fourth-order valence-electron chi connectivity index (χ4n) is 2.46. The van der Waals surface area contributed by atoms with Gasteiger partial charge in [-0.3, -0.25) is 4.79 Å². The van der Waals surface area contributed by atoms with Gasteiger partial charge in [-0.2, -0.15) is 0 Å². The van der Waals surface area contributed by atoms with Gasteiger partial charge in [0.05, 0.1) is 0 Å². The molecule has 1 aliphatic rings. The minimum Gasteiger partial charge on any atom is -0.376 e. The standard InChI is InChI=1S/C14H19N3OS/c1-9-11(7-4-8-12(9)17-14(15)19)16-13(18)10-5-2-3-6-10/h4,7-8,10H,2-3,5-6H2,1H3,(H,16,18)(H3,15,17,19). The lowest BCUT2D eigenvalue weighted by Gasteiger charge is -2.15. The van der Waals surface area contributed by atoms with Crippen molar-refractivity contribution in [2.75, 3.05) is 10.6 Å². The third kappa shape index (κ3) is 3.44. The number of carbonyl (C=O) groups excluding carboxylic acids is 1. The number of rotatable bonds is 3. The molecular weight excluding hydrogens is 258 g/mol. The Morgan fingerprint density at radius 3 is 2.42 bits per heavy atom. The molecule has 5 heteroatoms. The number of thiocarbonyl (C=S) groups is 1. The highest BCUT2D eigenvalue weighted by molar-refractivity contribution is 7.80. The Labute approximate surface area is 118 Å². The van der Waals surface area contributed by atoms with E-state index in [1.165, 1.54) is 0 Å². The number of carbonyl (C=O) groups is 1. The zero-order valence-electron chi connectivity index (χ0n) is 11.0. The van der Waals surface area contributed by atoms with Gasteiger partial charge in [0.25, 0.3) is 0 Å². The second-order valence-corrected chi connectivity index (χ2v) is 5.38. The van der Waals surface area contributed by atoms with E-state index in [-0.39, 0.29) is 16.9 Å². The Morgan fingerprint density at radius 2 is 1.84 bits per heavy atom. The van der Waals surface area contributed by atoms with Crippen molar-refractivity contribution in [2.24, 2.45) is 11.7 Å². The van der Waals surface area contributed by atoms with Crippen LogP contribution in [0.4, 0.5) is 11.4 Å². The molecule has 4 N–H and O–H groups in total. The molecule has 1 aromatic carbocycles. The Balaban J connectivity index is 2.11. The minimum atomic E-state index is 0.119. The molecule has 4 nitrogen and oxygen atoms in total. The maximum Gasteiger partial charge on any atom is 0.227 e. The summed E-state index contributed by atoms with van der Waals surface area (Å²) < 4.78 is 0. The summed E-state index contributed by atoms with van der Waals surface area (Å²) in [6.07, 6.45) is 4.30. The first-order chi connectivity index (χ1) is 9.08. The fraction of sp³-hybridized carbons (Fsp3) is 0.429. The van der Waals surface area contributed by atoms with Crippen LogP contribution in [-0.4, -0.2) is 11.0 Å². The summed E-state index contributed by atoms with van der Waals surface area (Å²) in [7, 11) is 0. The van der Waals surface area contributed by atoms with Crippen molar-refractivity contribution >= 4 is 34.6 Å². The molecule has 1 aliphatic carbocycles. The van der Waals surface area contributed by atoms with Crippen molar-refractivity contribution in [1.29, 1.82) is 0 Å². The lowest BCUT2D eigenvalue weighted by molar-refractivity contribution is -0.119. The molecule has 0 aromatic heterocycles. The lowest BCUT2D eigenvalue weighted by atomic mass is 10.1. The van der Waals surface area contributed by atoms with E-state index in [1.54, 1.807) is 0 Å². The first-order valence-corrected chi connectivity index (χ1v) is 6.95. The summed E-state index contributed by atoms with van der Waals surface area (Å²) in [5, 5.41) is 6.14. The van der Waals surface area contributed by atoms with Crippen LogP contribution in [-0.2, 0) is 4.79 Å². The van der Waals surface area contributed by atoms with Gasteiger partial charge in [0.15, 0.2) is 5.11 Å². The third-order valence-corrected chi connectivity index (χ3v) is 3.68. The van der Waals surface area contributed by atoms with Crippen LogP contribution in [0.2, 0.25) is 0 Å². The van der Waals surface area contributed by atoms with Crippen molar-refractivity contribution in [1.82, 2.24) is 0 Å². The molecule has 102 valence electrons. The molecule has 0 aliphatic heterocycles. The number of nitrogens with two attached hydrogens (primary N) is 1. The highest BCUT2D eigenvalue weighted by Crippen LogP contribution is 2.28. The fourth-order valence-corrected chi connectivity index (χ4v) is 2.57. The van der Waals surface area contributed by atoms with Crippen molar-refractivity contribution in [3.05, 3.63) is 23.8 Å².